The Bertz CT molecular complexity index is 565. The van der Waals surface area contributed by atoms with Gasteiger partial charge < -0.3 is 20.1 Å². The van der Waals surface area contributed by atoms with Crippen molar-refractivity contribution in [1.82, 2.24) is 10.6 Å². The summed E-state index contributed by atoms with van der Waals surface area (Å²) in [4.78, 5) is 12.1. The number of rotatable bonds is 6. The Morgan fingerprint density at radius 1 is 1.42 bits per heavy atom. The minimum atomic E-state index is -0.498. The fraction of sp³-hybridized carbons (Fsp3) is 0.611. The highest BCUT2D eigenvalue weighted by Crippen LogP contribution is 2.28. The van der Waals surface area contributed by atoms with Gasteiger partial charge in [-0.1, -0.05) is 19.9 Å². The van der Waals surface area contributed by atoms with E-state index in [1.165, 1.54) is 13.2 Å². The van der Waals surface area contributed by atoms with Crippen molar-refractivity contribution in [2.75, 3.05) is 20.3 Å². The van der Waals surface area contributed by atoms with Crippen LogP contribution in [-0.2, 0) is 4.74 Å². The third kappa shape index (κ3) is 4.38. The maximum absolute atomic E-state index is 14.0. The lowest BCUT2D eigenvalue weighted by molar-refractivity contribution is 0.0545. The molecule has 3 atom stereocenters. The number of nitrogens with one attached hydrogen (secondary N) is 2. The summed E-state index contributed by atoms with van der Waals surface area (Å²) in [7, 11) is 1.48. The number of hydrogen-bond donors (Lipinski definition) is 2. The molecule has 2 rings (SSSR count). The van der Waals surface area contributed by atoms with Crippen LogP contribution in [0.2, 0.25) is 0 Å². The zero-order valence-corrected chi connectivity index (χ0v) is 14.8. The monoisotopic (exact) mass is 338 g/mol. The SMILES string of the molecule is COc1cccc(F)c1[C@H](C)NC(=O)NC[C@H]1CCO[C@@H]1C(C)C. The highest BCUT2D eigenvalue weighted by atomic mass is 19.1. The topological polar surface area (TPSA) is 59.6 Å². The maximum atomic E-state index is 14.0. The molecular formula is C18H27FN2O3. The van der Waals surface area contributed by atoms with Gasteiger partial charge in [-0.05, 0) is 31.4 Å². The Kier molecular flexibility index (Phi) is 6.43. The van der Waals surface area contributed by atoms with Crippen LogP contribution in [-0.4, -0.2) is 32.4 Å². The van der Waals surface area contributed by atoms with Crippen molar-refractivity contribution in [3.8, 4) is 5.75 Å². The summed E-state index contributed by atoms with van der Waals surface area (Å²) in [6.07, 6.45) is 1.12. The van der Waals surface area contributed by atoms with Crippen molar-refractivity contribution in [1.29, 1.82) is 0 Å². The lowest BCUT2D eigenvalue weighted by Crippen LogP contribution is -2.41. The van der Waals surface area contributed by atoms with E-state index >= 15 is 0 Å². The van der Waals surface area contributed by atoms with E-state index in [0.717, 1.165) is 13.0 Å². The van der Waals surface area contributed by atoms with Gasteiger partial charge in [0.1, 0.15) is 11.6 Å². The van der Waals surface area contributed by atoms with E-state index in [0.29, 0.717) is 29.7 Å². The molecule has 0 spiro atoms. The lowest BCUT2D eigenvalue weighted by atomic mass is 9.93. The van der Waals surface area contributed by atoms with Crippen LogP contribution < -0.4 is 15.4 Å². The number of halogens is 1. The summed E-state index contributed by atoms with van der Waals surface area (Å²) in [5, 5.41) is 5.64. The molecule has 1 fully saturated rings. The van der Waals surface area contributed by atoms with E-state index in [-0.39, 0.29) is 12.1 Å². The predicted molar refractivity (Wildman–Crippen MR) is 90.6 cm³/mol. The van der Waals surface area contributed by atoms with Gasteiger partial charge in [-0.25, -0.2) is 9.18 Å². The van der Waals surface area contributed by atoms with Crippen molar-refractivity contribution >= 4 is 6.03 Å². The Hall–Kier alpha value is -1.82. The van der Waals surface area contributed by atoms with Gasteiger partial charge in [0.2, 0.25) is 0 Å². The number of benzene rings is 1. The van der Waals surface area contributed by atoms with Crippen LogP contribution >= 0.6 is 0 Å². The van der Waals surface area contributed by atoms with Crippen LogP contribution in [0.1, 0.15) is 38.8 Å². The summed E-state index contributed by atoms with van der Waals surface area (Å²) in [5.41, 5.74) is 0.347. The fourth-order valence-electron chi connectivity index (χ4n) is 3.27. The maximum Gasteiger partial charge on any atom is 0.315 e. The molecule has 6 heteroatoms. The molecule has 0 aromatic heterocycles. The van der Waals surface area contributed by atoms with Gasteiger partial charge in [0.15, 0.2) is 0 Å². The Balaban J connectivity index is 1.91. The largest absolute Gasteiger partial charge is 0.496 e. The van der Waals surface area contributed by atoms with Crippen LogP contribution in [0.4, 0.5) is 9.18 Å². The lowest BCUT2D eigenvalue weighted by Gasteiger charge is -2.23. The Labute approximate surface area is 142 Å². The van der Waals surface area contributed by atoms with E-state index < -0.39 is 11.9 Å². The first-order chi connectivity index (χ1) is 11.4. The summed E-state index contributed by atoms with van der Waals surface area (Å²) in [6.45, 7) is 7.26. The fourth-order valence-corrected chi connectivity index (χ4v) is 3.27. The van der Waals surface area contributed by atoms with Gasteiger partial charge in [-0.15, -0.1) is 0 Å². The molecule has 134 valence electrons. The highest BCUT2D eigenvalue weighted by molar-refractivity contribution is 5.74. The third-order valence-corrected chi connectivity index (χ3v) is 4.46. The zero-order chi connectivity index (χ0) is 17.7. The smallest absolute Gasteiger partial charge is 0.315 e. The van der Waals surface area contributed by atoms with E-state index in [4.69, 9.17) is 9.47 Å². The van der Waals surface area contributed by atoms with Gasteiger partial charge in [0.05, 0.1) is 24.8 Å². The van der Waals surface area contributed by atoms with Crippen molar-refractivity contribution < 1.29 is 18.7 Å². The molecule has 24 heavy (non-hydrogen) atoms. The van der Waals surface area contributed by atoms with Gasteiger partial charge in [-0.3, -0.25) is 0 Å². The highest BCUT2D eigenvalue weighted by Gasteiger charge is 2.30. The molecule has 0 saturated carbocycles. The Morgan fingerprint density at radius 2 is 2.17 bits per heavy atom. The third-order valence-electron chi connectivity index (χ3n) is 4.46. The second-order valence-electron chi connectivity index (χ2n) is 6.56. The summed E-state index contributed by atoms with van der Waals surface area (Å²) in [6, 6.07) is 3.80. The molecule has 1 aliphatic rings. The van der Waals surface area contributed by atoms with Crippen molar-refractivity contribution in [2.24, 2.45) is 11.8 Å². The summed E-state index contributed by atoms with van der Waals surface area (Å²) < 4.78 is 24.9. The number of urea groups is 1. The second kappa shape index (κ2) is 8.33. The van der Waals surface area contributed by atoms with Crippen LogP contribution in [0.15, 0.2) is 18.2 Å². The molecule has 1 aromatic carbocycles. The van der Waals surface area contributed by atoms with Crippen LogP contribution in [0.3, 0.4) is 0 Å². The number of amides is 2. The first-order valence-electron chi connectivity index (χ1n) is 8.42. The number of ether oxygens (including phenoxy) is 2. The molecule has 2 N–H and O–H groups in total. The standard InChI is InChI=1S/C18H27FN2O3/c1-11(2)17-13(8-9-24-17)10-20-18(22)21-12(3)16-14(19)6-5-7-15(16)23-4/h5-7,11-13,17H,8-10H2,1-4H3,(H2,20,21,22)/t12-,13+,17+/m0/s1. The van der Waals surface area contributed by atoms with Gasteiger partial charge in [0.25, 0.3) is 0 Å². The number of carbonyl (C=O) groups excluding carboxylic acids is 1. The number of carbonyl (C=O) groups is 1. The molecule has 0 bridgehead atoms. The molecule has 0 aliphatic carbocycles. The molecule has 2 amide bonds. The van der Waals surface area contributed by atoms with Gasteiger partial charge >= 0.3 is 6.03 Å². The zero-order valence-electron chi connectivity index (χ0n) is 14.8. The second-order valence-corrected chi connectivity index (χ2v) is 6.56. The average Bonchev–Trinajstić information content (AvgIpc) is 3.01. The quantitative estimate of drug-likeness (QED) is 0.837. The molecule has 1 heterocycles. The first-order valence-corrected chi connectivity index (χ1v) is 8.42. The van der Waals surface area contributed by atoms with E-state index in [2.05, 4.69) is 24.5 Å². The first kappa shape index (κ1) is 18.5. The van der Waals surface area contributed by atoms with E-state index in [1.54, 1.807) is 19.1 Å². The minimum Gasteiger partial charge on any atom is -0.496 e. The Morgan fingerprint density at radius 3 is 2.83 bits per heavy atom. The molecule has 1 saturated heterocycles. The van der Waals surface area contributed by atoms with Gasteiger partial charge in [0, 0.05) is 19.1 Å². The van der Waals surface area contributed by atoms with Crippen molar-refractivity contribution in [2.45, 2.75) is 39.3 Å². The number of methoxy groups -OCH3 is 1. The van der Waals surface area contributed by atoms with Crippen molar-refractivity contribution in [3.05, 3.63) is 29.6 Å². The minimum absolute atomic E-state index is 0.175. The van der Waals surface area contributed by atoms with Gasteiger partial charge in [-0.2, -0.15) is 0 Å². The normalized spacial score (nSPS) is 21.6. The van der Waals surface area contributed by atoms with E-state index in [9.17, 15) is 9.18 Å². The molecule has 0 radical (unpaired) electrons. The summed E-state index contributed by atoms with van der Waals surface area (Å²) >= 11 is 0. The molecule has 0 unspecified atom stereocenters. The molecular weight excluding hydrogens is 311 g/mol. The van der Waals surface area contributed by atoms with Crippen LogP contribution in [0.5, 0.6) is 5.75 Å². The van der Waals surface area contributed by atoms with Crippen molar-refractivity contribution in [3.63, 3.8) is 0 Å². The summed E-state index contributed by atoms with van der Waals surface area (Å²) in [5.74, 6) is 0.760. The van der Waals surface area contributed by atoms with Crippen LogP contribution in [0, 0.1) is 17.7 Å². The molecule has 1 aromatic rings. The predicted octanol–water partition coefficient (Wildman–Crippen LogP) is 3.26. The average molecular weight is 338 g/mol. The molecule has 1 aliphatic heterocycles. The number of hydrogen-bond acceptors (Lipinski definition) is 3. The van der Waals surface area contributed by atoms with Crippen LogP contribution in [0.25, 0.3) is 0 Å². The van der Waals surface area contributed by atoms with E-state index in [1.807, 2.05) is 0 Å². The molecule has 5 nitrogen and oxygen atoms in total.